The van der Waals surface area contributed by atoms with Crippen molar-refractivity contribution in [2.75, 3.05) is 5.75 Å². The third-order valence-electron chi connectivity index (χ3n) is 4.64. The first-order chi connectivity index (χ1) is 14.0. The minimum absolute atomic E-state index is 0.113. The molecule has 0 saturated carbocycles. The summed E-state index contributed by atoms with van der Waals surface area (Å²) in [6.07, 6.45) is 4.69. The summed E-state index contributed by atoms with van der Waals surface area (Å²) in [7, 11) is 0. The van der Waals surface area contributed by atoms with Crippen LogP contribution in [0.25, 0.3) is 5.57 Å². The summed E-state index contributed by atoms with van der Waals surface area (Å²) in [6.45, 7) is 3.96. The Kier molecular flexibility index (Phi) is 5.20. The standard InChI is InChI=1S/C19H16N4O4S2/c1-10(13-8-20-4-5-21-13)12-9-29-18-15(17(25)23(18)16(12)19(26)27)22-14(24)7-11-3-2-6-28-11/h2-6,8,15,18H,1,7,9H2,(H,22,24)(H,26,27)/t15?,18-/m0/s1. The molecule has 2 aliphatic heterocycles. The average molecular weight is 428 g/mol. The summed E-state index contributed by atoms with van der Waals surface area (Å²) < 4.78 is 0. The lowest BCUT2D eigenvalue weighted by Gasteiger charge is -2.49. The second kappa shape index (κ2) is 7.80. The molecule has 2 aromatic heterocycles. The topological polar surface area (TPSA) is 112 Å². The number of allylic oxidation sites excluding steroid dienone is 1. The number of hydrogen-bond donors (Lipinski definition) is 2. The van der Waals surface area contributed by atoms with E-state index in [0.29, 0.717) is 22.6 Å². The zero-order valence-corrected chi connectivity index (χ0v) is 16.7. The molecule has 1 unspecified atom stereocenters. The van der Waals surface area contributed by atoms with Gasteiger partial charge in [-0.25, -0.2) is 4.79 Å². The summed E-state index contributed by atoms with van der Waals surface area (Å²) in [5.41, 5.74) is 1.18. The summed E-state index contributed by atoms with van der Waals surface area (Å²) in [6, 6.07) is 2.97. The molecule has 4 rings (SSSR count). The minimum Gasteiger partial charge on any atom is -0.477 e. The number of aromatic nitrogens is 2. The van der Waals surface area contributed by atoms with E-state index < -0.39 is 23.3 Å². The first kappa shape index (κ1) is 19.3. The van der Waals surface area contributed by atoms with Crippen molar-refractivity contribution >= 4 is 46.5 Å². The van der Waals surface area contributed by atoms with E-state index in [1.54, 1.807) is 0 Å². The molecule has 29 heavy (non-hydrogen) atoms. The highest BCUT2D eigenvalue weighted by atomic mass is 32.2. The van der Waals surface area contributed by atoms with Gasteiger partial charge in [0, 0.05) is 34.2 Å². The monoisotopic (exact) mass is 428 g/mol. The molecule has 0 bridgehead atoms. The van der Waals surface area contributed by atoms with Gasteiger partial charge in [0.2, 0.25) is 5.91 Å². The van der Waals surface area contributed by atoms with Crippen molar-refractivity contribution in [3.63, 3.8) is 0 Å². The SMILES string of the molecule is C=C(C1=C(C(=O)O)N2C(=O)C(NC(=O)Cc3cccs3)[C@@H]2SC1)c1cnccn1. The first-order valence-corrected chi connectivity index (χ1v) is 10.6. The molecule has 2 aliphatic rings. The maximum absolute atomic E-state index is 12.7. The second-order valence-electron chi connectivity index (χ2n) is 6.41. The van der Waals surface area contributed by atoms with Crippen LogP contribution in [0, 0.1) is 0 Å². The molecule has 8 nitrogen and oxygen atoms in total. The van der Waals surface area contributed by atoms with Gasteiger partial charge in [-0.2, -0.15) is 0 Å². The fraction of sp³-hybridized carbons (Fsp3) is 0.211. The number of β-lactam (4-membered cyclic amide) rings is 1. The quantitative estimate of drug-likeness (QED) is 0.671. The van der Waals surface area contributed by atoms with E-state index in [-0.39, 0.29) is 18.0 Å². The van der Waals surface area contributed by atoms with Crippen molar-refractivity contribution in [3.8, 4) is 0 Å². The van der Waals surface area contributed by atoms with E-state index >= 15 is 0 Å². The number of nitrogens with one attached hydrogen (secondary N) is 1. The van der Waals surface area contributed by atoms with Crippen molar-refractivity contribution in [3.05, 3.63) is 64.5 Å². The molecule has 2 N–H and O–H groups in total. The van der Waals surface area contributed by atoms with Crippen LogP contribution in [0.2, 0.25) is 0 Å². The van der Waals surface area contributed by atoms with E-state index in [9.17, 15) is 19.5 Å². The number of hydrogen-bond acceptors (Lipinski definition) is 7. The molecule has 0 radical (unpaired) electrons. The van der Waals surface area contributed by atoms with E-state index in [1.165, 1.54) is 46.6 Å². The van der Waals surface area contributed by atoms with Crippen LogP contribution in [-0.4, -0.2) is 54.9 Å². The number of thioether (sulfide) groups is 1. The highest BCUT2D eigenvalue weighted by Gasteiger charge is 2.54. The summed E-state index contributed by atoms with van der Waals surface area (Å²) in [5.74, 6) is -1.58. The van der Waals surface area contributed by atoms with Gasteiger partial charge in [0.25, 0.3) is 5.91 Å². The van der Waals surface area contributed by atoms with Crippen LogP contribution in [0.4, 0.5) is 0 Å². The Morgan fingerprint density at radius 2 is 2.21 bits per heavy atom. The van der Waals surface area contributed by atoms with E-state index in [0.717, 1.165) is 4.88 Å². The van der Waals surface area contributed by atoms with Gasteiger partial charge in [-0.1, -0.05) is 12.6 Å². The maximum atomic E-state index is 12.7. The summed E-state index contributed by atoms with van der Waals surface area (Å²) >= 11 is 2.86. The average Bonchev–Trinajstić information content (AvgIpc) is 3.23. The fourth-order valence-electron chi connectivity index (χ4n) is 3.26. The van der Waals surface area contributed by atoms with Crippen LogP contribution >= 0.6 is 23.1 Å². The number of rotatable bonds is 6. The third kappa shape index (κ3) is 3.56. The number of carboxylic acid groups (broad SMARTS) is 1. The number of carboxylic acids is 1. The van der Waals surface area contributed by atoms with Crippen LogP contribution in [0.5, 0.6) is 0 Å². The number of amides is 2. The molecule has 0 spiro atoms. The van der Waals surface area contributed by atoms with Gasteiger partial charge >= 0.3 is 5.97 Å². The molecule has 2 aromatic rings. The van der Waals surface area contributed by atoms with Crippen LogP contribution in [0.15, 0.2) is 54.0 Å². The van der Waals surface area contributed by atoms with Crippen LogP contribution in [0.3, 0.4) is 0 Å². The molecular formula is C19H16N4O4S2. The minimum atomic E-state index is -1.22. The molecule has 1 saturated heterocycles. The lowest BCUT2D eigenvalue weighted by atomic mass is 9.98. The highest BCUT2D eigenvalue weighted by molar-refractivity contribution is 8.00. The van der Waals surface area contributed by atoms with E-state index in [4.69, 9.17) is 0 Å². The van der Waals surface area contributed by atoms with Gasteiger partial charge in [-0.15, -0.1) is 23.1 Å². The smallest absolute Gasteiger partial charge is 0.352 e. The molecule has 1 fully saturated rings. The zero-order chi connectivity index (χ0) is 20.5. The van der Waals surface area contributed by atoms with Crippen molar-refractivity contribution < 1.29 is 19.5 Å². The molecule has 0 aromatic carbocycles. The number of carbonyl (C=O) groups is 3. The zero-order valence-electron chi connectivity index (χ0n) is 15.1. The van der Waals surface area contributed by atoms with Crippen LogP contribution in [0.1, 0.15) is 10.6 Å². The van der Waals surface area contributed by atoms with Gasteiger partial charge in [-0.3, -0.25) is 24.5 Å². The van der Waals surface area contributed by atoms with Crippen molar-refractivity contribution in [1.82, 2.24) is 20.2 Å². The lowest BCUT2D eigenvalue weighted by molar-refractivity contribution is -0.150. The van der Waals surface area contributed by atoms with Gasteiger partial charge in [0.15, 0.2) is 0 Å². The Balaban J connectivity index is 1.54. The summed E-state index contributed by atoms with van der Waals surface area (Å²) in [4.78, 5) is 47.2. The Labute approximate surface area is 174 Å². The fourth-order valence-corrected chi connectivity index (χ4v) is 5.34. The first-order valence-electron chi connectivity index (χ1n) is 8.66. The number of nitrogens with zero attached hydrogens (tertiary/aromatic N) is 3. The molecular weight excluding hydrogens is 412 g/mol. The predicted molar refractivity (Wildman–Crippen MR) is 109 cm³/mol. The molecule has 148 valence electrons. The number of thiophene rings is 1. The molecule has 10 heteroatoms. The van der Waals surface area contributed by atoms with E-state index in [2.05, 4.69) is 21.9 Å². The normalized spacial score (nSPS) is 20.7. The summed E-state index contributed by atoms with van der Waals surface area (Å²) in [5, 5.41) is 13.9. The van der Waals surface area contributed by atoms with Gasteiger partial charge < -0.3 is 10.4 Å². The van der Waals surface area contributed by atoms with Gasteiger partial charge in [-0.05, 0) is 11.4 Å². The number of aliphatic carboxylic acids is 1. The lowest BCUT2D eigenvalue weighted by Crippen LogP contribution is -2.70. The van der Waals surface area contributed by atoms with E-state index in [1.807, 2.05) is 17.5 Å². The molecule has 2 atom stereocenters. The third-order valence-corrected chi connectivity index (χ3v) is 6.80. The predicted octanol–water partition coefficient (Wildman–Crippen LogP) is 1.53. The molecule has 0 aliphatic carbocycles. The van der Waals surface area contributed by atoms with Gasteiger partial charge in [0.05, 0.1) is 18.3 Å². The van der Waals surface area contributed by atoms with Crippen LogP contribution in [-0.2, 0) is 20.8 Å². The Morgan fingerprint density at radius 3 is 2.86 bits per heavy atom. The number of fused-ring (bicyclic) bond motifs is 1. The second-order valence-corrected chi connectivity index (χ2v) is 8.55. The maximum Gasteiger partial charge on any atom is 0.352 e. The number of carbonyl (C=O) groups excluding carboxylic acids is 2. The highest BCUT2D eigenvalue weighted by Crippen LogP contribution is 2.43. The Morgan fingerprint density at radius 1 is 1.38 bits per heavy atom. The Bertz CT molecular complexity index is 1020. The Hall–Kier alpha value is -2.98. The largest absolute Gasteiger partial charge is 0.477 e. The van der Waals surface area contributed by atoms with Gasteiger partial charge in [0.1, 0.15) is 17.1 Å². The van der Waals surface area contributed by atoms with Crippen molar-refractivity contribution in [1.29, 1.82) is 0 Å². The molecule has 2 amide bonds. The van der Waals surface area contributed by atoms with Crippen molar-refractivity contribution in [2.45, 2.75) is 17.8 Å². The van der Waals surface area contributed by atoms with Crippen LogP contribution < -0.4 is 5.32 Å². The van der Waals surface area contributed by atoms with Crippen molar-refractivity contribution in [2.24, 2.45) is 0 Å². The molecule has 4 heterocycles.